The fourth-order valence-electron chi connectivity index (χ4n) is 2.98. The van der Waals surface area contributed by atoms with Gasteiger partial charge in [-0.15, -0.1) is 0 Å². The molecular weight excluding hydrogens is 298 g/mol. The molecule has 0 aliphatic heterocycles. The van der Waals surface area contributed by atoms with Crippen molar-refractivity contribution in [1.29, 1.82) is 0 Å². The van der Waals surface area contributed by atoms with Crippen LogP contribution in [0.5, 0.6) is 0 Å². The van der Waals surface area contributed by atoms with E-state index in [2.05, 4.69) is 38.9 Å². The minimum atomic E-state index is -0.00685. The number of likely N-dealkylation sites (N-methyl/N-ethyl adjacent to an activating group) is 1. The molecule has 2 nitrogen and oxygen atoms in total. The molecule has 4 heteroatoms. The molecular formula is C13H20BrNOS. The van der Waals surface area contributed by atoms with Crippen LogP contribution in [0.2, 0.25) is 0 Å². The molecule has 96 valence electrons. The molecule has 0 saturated heterocycles. The topological polar surface area (TPSA) is 21.3 Å². The zero-order valence-corrected chi connectivity index (χ0v) is 12.9. The lowest BCUT2D eigenvalue weighted by atomic mass is 9.88. The molecule has 17 heavy (non-hydrogen) atoms. The van der Waals surface area contributed by atoms with Crippen molar-refractivity contribution in [2.75, 3.05) is 13.7 Å². The van der Waals surface area contributed by atoms with Crippen LogP contribution in [0.1, 0.15) is 44.2 Å². The van der Waals surface area contributed by atoms with E-state index in [1.54, 1.807) is 11.3 Å². The SMILES string of the molecule is CCOC1(C(NC)c2cscc2Br)CCCC1. The minimum absolute atomic E-state index is 0.00685. The second kappa shape index (κ2) is 5.83. The molecule has 2 rings (SSSR count). The summed E-state index contributed by atoms with van der Waals surface area (Å²) in [6, 6.07) is 0.297. The number of hydrogen-bond acceptors (Lipinski definition) is 3. The smallest absolute Gasteiger partial charge is 0.0876 e. The van der Waals surface area contributed by atoms with Gasteiger partial charge in [-0.1, -0.05) is 12.8 Å². The van der Waals surface area contributed by atoms with E-state index in [-0.39, 0.29) is 5.60 Å². The second-order valence-electron chi connectivity index (χ2n) is 4.60. The summed E-state index contributed by atoms with van der Waals surface area (Å²) < 4.78 is 7.35. The Kier molecular flexibility index (Phi) is 4.64. The van der Waals surface area contributed by atoms with Crippen LogP contribution < -0.4 is 5.32 Å². The van der Waals surface area contributed by atoms with Gasteiger partial charge >= 0.3 is 0 Å². The number of rotatable bonds is 5. The van der Waals surface area contributed by atoms with E-state index in [1.165, 1.54) is 22.9 Å². The number of hydrogen-bond donors (Lipinski definition) is 1. The van der Waals surface area contributed by atoms with Crippen LogP contribution in [0, 0.1) is 0 Å². The monoisotopic (exact) mass is 317 g/mol. The Morgan fingerprint density at radius 2 is 2.18 bits per heavy atom. The molecule has 0 spiro atoms. The Hall–Kier alpha value is 0.100. The van der Waals surface area contributed by atoms with Crippen LogP contribution in [-0.4, -0.2) is 19.3 Å². The highest BCUT2D eigenvalue weighted by atomic mass is 79.9. The van der Waals surface area contributed by atoms with E-state index in [4.69, 9.17) is 4.74 Å². The van der Waals surface area contributed by atoms with Crippen LogP contribution in [-0.2, 0) is 4.74 Å². The average molecular weight is 318 g/mol. The van der Waals surface area contributed by atoms with Gasteiger partial charge in [0.25, 0.3) is 0 Å². The fourth-order valence-corrected chi connectivity index (χ4v) is 4.53. The molecule has 1 unspecified atom stereocenters. The Balaban J connectivity index is 2.29. The zero-order chi connectivity index (χ0) is 12.3. The Morgan fingerprint density at radius 1 is 1.47 bits per heavy atom. The van der Waals surface area contributed by atoms with E-state index >= 15 is 0 Å². The molecule has 1 saturated carbocycles. The number of thiophene rings is 1. The molecule has 1 heterocycles. The van der Waals surface area contributed by atoms with Gasteiger partial charge in [-0.3, -0.25) is 0 Å². The number of halogens is 1. The lowest BCUT2D eigenvalue weighted by Crippen LogP contribution is -2.43. The van der Waals surface area contributed by atoms with Crippen molar-refractivity contribution in [1.82, 2.24) is 5.32 Å². The standard InChI is InChI=1S/C13H20BrNOS/c1-3-16-13(6-4-5-7-13)12(15-2)10-8-17-9-11(10)14/h8-9,12,15H,3-7H2,1-2H3. The molecule has 0 radical (unpaired) electrons. The molecule has 0 amide bonds. The predicted octanol–water partition coefficient (Wildman–Crippen LogP) is 4.12. The van der Waals surface area contributed by atoms with Gasteiger partial charge in [-0.05, 0) is 53.7 Å². The maximum absolute atomic E-state index is 6.14. The van der Waals surface area contributed by atoms with Crippen molar-refractivity contribution in [3.05, 3.63) is 20.8 Å². The summed E-state index contributed by atoms with van der Waals surface area (Å²) in [4.78, 5) is 0. The maximum atomic E-state index is 6.14. The molecule has 1 aromatic heterocycles. The van der Waals surface area contributed by atoms with Gasteiger partial charge in [0.2, 0.25) is 0 Å². The highest BCUT2D eigenvalue weighted by Gasteiger charge is 2.43. The highest BCUT2D eigenvalue weighted by molar-refractivity contribution is 9.10. The van der Waals surface area contributed by atoms with Crippen LogP contribution in [0.25, 0.3) is 0 Å². The van der Waals surface area contributed by atoms with Crippen molar-refractivity contribution in [3.8, 4) is 0 Å². The molecule has 0 aromatic carbocycles. The first-order chi connectivity index (χ1) is 8.23. The van der Waals surface area contributed by atoms with E-state index in [0.717, 1.165) is 19.4 Å². The lowest BCUT2D eigenvalue weighted by molar-refractivity contribution is -0.0610. The number of nitrogens with one attached hydrogen (secondary N) is 1. The largest absolute Gasteiger partial charge is 0.373 e. The van der Waals surface area contributed by atoms with Gasteiger partial charge in [-0.25, -0.2) is 0 Å². The average Bonchev–Trinajstić information content (AvgIpc) is 2.92. The van der Waals surface area contributed by atoms with E-state index in [9.17, 15) is 0 Å². The summed E-state index contributed by atoms with van der Waals surface area (Å²) in [5, 5.41) is 7.84. The highest BCUT2D eigenvalue weighted by Crippen LogP contribution is 2.45. The summed E-state index contributed by atoms with van der Waals surface area (Å²) in [7, 11) is 2.04. The predicted molar refractivity (Wildman–Crippen MR) is 76.6 cm³/mol. The van der Waals surface area contributed by atoms with Gasteiger partial charge < -0.3 is 10.1 Å². The fraction of sp³-hybridized carbons (Fsp3) is 0.692. The van der Waals surface area contributed by atoms with Crippen molar-refractivity contribution in [2.45, 2.75) is 44.2 Å². The third kappa shape index (κ3) is 2.60. The maximum Gasteiger partial charge on any atom is 0.0876 e. The minimum Gasteiger partial charge on any atom is -0.373 e. The molecule has 1 aliphatic rings. The Morgan fingerprint density at radius 3 is 2.65 bits per heavy atom. The van der Waals surface area contributed by atoms with Gasteiger partial charge in [0, 0.05) is 16.5 Å². The third-order valence-corrected chi connectivity index (χ3v) is 5.40. The summed E-state index contributed by atoms with van der Waals surface area (Å²) >= 11 is 5.39. The summed E-state index contributed by atoms with van der Waals surface area (Å²) in [5.41, 5.74) is 1.33. The van der Waals surface area contributed by atoms with Gasteiger partial charge in [-0.2, -0.15) is 11.3 Å². The summed E-state index contributed by atoms with van der Waals surface area (Å²) in [6.07, 6.45) is 4.88. The summed E-state index contributed by atoms with van der Waals surface area (Å²) in [5.74, 6) is 0. The van der Waals surface area contributed by atoms with Crippen LogP contribution >= 0.6 is 27.3 Å². The molecule has 1 atom stereocenters. The Labute approximate surface area is 116 Å². The van der Waals surface area contributed by atoms with Crippen molar-refractivity contribution < 1.29 is 4.74 Å². The lowest BCUT2D eigenvalue weighted by Gasteiger charge is -2.37. The Bertz CT molecular complexity index is 360. The first kappa shape index (κ1) is 13.5. The van der Waals surface area contributed by atoms with Crippen molar-refractivity contribution in [3.63, 3.8) is 0 Å². The van der Waals surface area contributed by atoms with Crippen LogP contribution in [0.15, 0.2) is 15.2 Å². The van der Waals surface area contributed by atoms with Crippen LogP contribution in [0.4, 0.5) is 0 Å². The first-order valence-corrected chi connectivity index (χ1v) is 8.00. The summed E-state index contributed by atoms with van der Waals surface area (Å²) in [6.45, 7) is 2.88. The van der Waals surface area contributed by atoms with Gasteiger partial charge in [0.15, 0.2) is 0 Å². The molecule has 0 bridgehead atoms. The van der Waals surface area contributed by atoms with E-state index in [0.29, 0.717) is 6.04 Å². The van der Waals surface area contributed by atoms with Crippen molar-refractivity contribution >= 4 is 27.3 Å². The molecule has 1 fully saturated rings. The normalized spacial score (nSPS) is 20.6. The van der Waals surface area contributed by atoms with Crippen LogP contribution in [0.3, 0.4) is 0 Å². The zero-order valence-electron chi connectivity index (χ0n) is 10.5. The second-order valence-corrected chi connectivity index (χ2v) is 6.20. The number of ether oxygens (including phenoxy) is 1. The third-order valence-electron chi connectivity index (χ3n) is 3.65. The molecule has 1 aliphatic carbocycles. The first-order valence-electron chi connectivity index (χ1n) is 6.26. The van der Waals surface area contributed by atoms with E-state index < -0.39 is 0 Å². The van der Waals surface area contributed by atoms with E-state index in [1.807, 2.05) is 7.05 Å². The van der Waals surface area contributed by atoms with Gasteiger partial charge in [0.1, 0.15) is 0 Å². The molecule has 1 aromatic rings. The van der Waals surface area contributed by atoms with Crippen molar-refractivity contribution in [2.24, 2.45) is 0 Å². The van der Waals surface area contributed by atoms with Gasteiger partial charge in [0.05, 0.1) is 11.6 Å². The molecule has 1 N–H and O–H groups in total. The quantitative estimate of drug-likeness (QED) is 0.882.